The fraction of sp³-hybridized carbons (Fsp3) is 0.611. The van der Waals surface area contributed by atoms with Crippen molar-refractivity contribution < 1.29 is 0 Å². The number of nitrogens with one attached hydrogen (secondary N) is 2. The number of piperazine rings is 1. The van der Waals surface area contributed by atoms with Crippen LogP contribution in [0.5, 0.6) is 0 Å². The Morgan fingerprint density at radius 1 is 1.12 bits per heavy atom. The van der Waals surface area contributed by atoms with E-state index < -0.39 is 0 Å². The number of anilines is 1. The van der Waals surface area contributed by atoms with Gasteiger partial charge in [0.15, 0.2) is 0 Å². The van der Waals surface area contributed by atoms with Gasteiger partial charge in [0, 0.05) is 74.9 Å². The highest BCUT2D eigenvalue weighted by atomic mass is 15.3. The van der Waals surface area contributed by atoms with Gasteiger partial charge in [-0.05, 0) is 6.07 Å². The summed E-state index contributed by atoms with van der Waals surface area (Å²) in [5.41, 5.74) is 2.58. The van der Waals surface area contributed by atoms with Crippen molar-refractivity contribution >= 4 is 5.95 Å². The van der Waals surface area contributed by atoms with Crippen LogP contribution in [0.2, 0.25) is 0 Å². The molecule has 0 saturated carbocycles. The molecular formula is C18H29N7. The number of rotatable bonds is 6. The fourth-order valence-electron chi connectivity index (χ4n) is 3.18. The van der Waals surface area contributed by atoms with Crippen molar-refractivity contribution in [3.63, 3.8) is 0 Å². The Morgan fingerprint density at radius 2 is 1.84 bits per heavy atom. The second-order valence-corrected chi connectivity index (χ2v) is 7.57. The number of aromatic nitrogens is 4. The summed E-state index contributed by atoms with van der Waals surface area (Å²) in [7, 11) is 0. The van der Waals surface area contributed by atoms with Gasteiger partial charge in [-0.25, -0.2) is 9.97 Å². The Hall–Kier alpha value is -1.99. The Balaban J connectivity index is 1.38. The van der Waals surface area contributed by atoms with Gasteiger partial charge in [0.2, 0.25) is 5.95 Å². The third-order valence-corrected chi connectivity index (χ3v) is 4.60. The lowest BCUT2D eigenvalue weighted by molar-refractivity contribution is 0.256. The van der Waals surface area contributed by atoms with Crippen LogP contribution in [0, 0.1) is 0 Å². The van der Waals surface area contributed by atoms with Crippen LogP contribution >= 0.6 is 0 Å². The zero-order chi connectivity index (χ0) is 17.7. The van der Waals surface area contributed by atoms with E-state index in [1.165, 1.54) is 11.3 Å². The van der Waals surface area contributed by atoms with E-state index in [1.54, 1.807) is 12.4 Å². The van der Waals surface area contributed by atoms with E-state index in [0.29, 0.717) is 0 Å². The molecule has 7 heteroatoms. The summed E-state index contributed by atoms with van der Waals surface area (Å²) in [5, 5.41) is 10.9. The minimum Gasteiger partial charge on any atom is -0.338 e. The molecule has 0 spiro atoms. The molecule has 0 atom stereocenters. The molecular weight excluding hydrogens is 314 g/mol. The van der Waals surface area contributed by atoms with Gasteiger partial charge in [0.1, 0.15) is 0 Å². The van der Waals surface area contributed by atoms with Gasteiger partial charge < -0.3 is 10.2 Å². The highest BCUT2D eigenvalue weighted by molar-refractivity contribution is 5.29. The fourth-order valence-corrected chi connectivity index (χ4v) is 3.18. The number of hydrogen-bond donors (Lipinski definition) is 2. The molecule has 2 aromatic rings. The second-order valence-electron chi connectivity index (χ2n) is 7.57. The zero-order valence-corrected chi connectivity index (χ0v) is 15.5. The predicted octanol–water partition coefficient (Wildman–Crippen LogP) is 1.41. The van der Waals surface area contributed by atoms with Gasteiger partial charge in [-0.15, -0.1) is 0 Å². The molecule has 3 heterocycles. The van der Waals surface area contributed by atoms with Crippen LogP contribution in [-0.2, 0) is 12.0 Å². The van der Waals surface area contributed by atoms with E-state index in [4.69, 9.17) is 0 Å². The zero-order valence-electron chi connectivity index (χ0n) is 15.5. The maximum absolute atomic E-state index is 4.33. The summed E-state index contributed by atoms with van der Waals surface area (Å²) >= 11 is 0. The minimum absolute atomic E-state index is 0.101. The number of hydrogen-bond acceptors (Lipinski definition) is 6. The van der Waals surface area contributed by atoms with Gasteiger partial charge in [-0.2, -0.15) is 5.10 Å². The molecule has 1 fully saturated rings. The molecule has 1 aliphatic heterocycles. The predicted molar refractivity (Wildman–Crippen MR) is 99.7 cm³/mol. The van der Waals surface area contributed by atoms with E-state index in [2.05, 4.69) is 56.1 Å². The van der Waals surface area contributed by atoms with Crippen LogP contribution in [0.15, 0.2) is 24.7 Å². The Bertz CT molecular complexity index is 639. The molecule has 0 radical (unpaired) electrons. The third-order valence-electron chi connectivity index (χ3n) is 4.60. The third kappa shape index (κ3) is 4.76. The summed E-state index contributed by atoms with van der Waals surface area (Å²) in [5.74, 6) is 0.843. The minimum atomic E-state index is 0.101. The van der Waals surface area contributed by atoms with E-state index in [0.717, 1.165) is 51.8 Å². The molecule has 136 valence electrons. The van der Waals surface area contributed by atoms with Crippen LogP contribution in [0.3, 0.4) is 0 Å². The number of aromatic amines is 1. The first kappa shape index (κ1) is 17.8. The SMILES string of the molecule is CC(C)(C)c1[nH]ncc1CNCCN1CCN(c2ncccn2)CC1. The summed E-state index contributed by atoms with van der Waals surface area (Å²) < 4.78 is 0. The maximum atomic E-state index is 4.33. The van der Waals surface area contributed by atoms with Gasteiger partial charge in [-0.1, -0.05) is 20.8 Å². The molecule has 0 aliphatic carbocycles. The quantitative estimate of drug-likeness (QED) is 0.773. The molecule has 3 rings (SSSR count). The summed E-state index contributed by atoms with van der Waals surface area (Å²) in [6.07, 6.45) is 5.55. The number of nitrogens with zero attached hydrogens (tertiary/aromatic N) is 5. The average Bonchev–Trinajstić information content (AvgIpc) is 3.09. The molecule has 2 aromatic heterocycles. The maximum Gasteiger partial charge on any atom is 0.225 e. The lowest BCUT2D eigenvalue weighted by Crippen LogP contribution is -2.48. The van der Waals surface area contributed by atoms with Crippen LogP contribution in [-0.4, -0.2) is 64.3 Å². The summed E-state index contributed by atoms with van der Waals surface area (Å²) in [6, 6.07) is 1.86. The first-order valence-electron chi connectivity index (χ1n) is 9.02. The van der Waals surface area contributed by atoms with Crippen molar-refractivity contribution in [1.29, 1.82) is 0 Å². The summed E-state index contributed by atoms with van der Waals surface area (Å²) in [4.78, 5) is 13.4. The van der Waals surface area contributed by atoms with Crippen LogP contribution in [0.25, 0.3) is 0 Å². The Labute approximate surface area is 149 Å². The molecule has 0 bridgehead atoms. The molecule has 1 aliphatic rings. The first-order chi connectivity index (χ1) is 12.0. The van der Waals surface area contributed by atoms with Crippen molar-refractivity contribution in [2.45, 2.75) is 32.7 Å². The molecule has 0 unspecified atom stereocenters. The van der Waals surface area contributed by atoms with Gasteiger partial charge in [-0.3, -0.25) is 10.00 Å². The normalized spacial score (nSPS) is 16.4. The van der Waals surface area contributed by atoms with E-state index in [-0.39, 0.29) is 5.41 Å². The topological polar surface area (TPSA) is 73.0 Å². The van der Waals surface area contributed by atoms with Gasteiger partial charge >= 0.3 is 0 Å². The smallest absolute Gasteiger partial charge is 0.225 e. The molecule has 0 amide bonds. The monoisotopic (exact) mass is 343 g/mol. The largest absolute Gasteiger partial charge is 0.338 e. The summed E-state index contributed by atoms with van der Waals surface area (Å²) in [6.45, 7) is 13.6. The van der Waals surface area contributed by atoms with Crippen molar-refractivity contribution in [3.05, 3.63) is 35.9 Å². The molecule has 2 N–H and O–H groups in total. The van der Waals surface area contributed by atoms with E-state index in [9.17, 15) is 0 Å². The molecule has 1 saturated heterocycles. The van der Waals surface area contributed by atoms with Crippen LogP contribution < -0.4 is 10.2 Å². The molecule has 7 nitrogen and oxygen atoms in total. The van der Waals surface area contributed by atoms with Gasteiger partial charge in [0.25, 0.3) is 0 Å². The van der Waals surface area contributed by atoms with E-state index >= 15 is 0 Å². The lowest BCUT2D eigenvalue weighted by atomic mass is 9.89. The van der Waals surface area contributed by atoms with Gasteiger partial charge in [0.05, 0.1) is 6.20 Å². The highest BCUT2D eigenvalue weighted by Crippen LogP contribution is 2.23. The average molecular weight is 343 g/mol. The van der Waals surface area contributed by atoms with Crippen molar-refractivity contribution in [2.75, 3.05) is 44.2 Å². The van der Waals surface area contributed by atoms with Crippen molar-refractivity contribution in [3.8, 4) is 0 Å². The lowest BCUT2D eigenvalue weighted by Gasteiger charge is -2.34. The first-order valence-corrected chi connectivity index (χ1v) is 9.02. The van der Waals surface area contributed by atoms with Crippen LogP contribution in [0.1, 0.15) is 32.0 Å². The molecule has 25 heavy (non-hydrogen) atoms. The highest BCUT2D eigenvalue weighted by Gasteiger charge is 2.20. The van der Waals surface area contributed by atoms with Crippen LogP contribution in [0.4, 0.5) is 5.95 Å². The second kappa shape index (κ2) is 7.93. The van der Waals surface area contributed by atoms with Crippen molar-refractivity contribution in [2.24, 2.45) is 0 Å². The standard InChI is InChI=1S/C18H29N7/c1-18(2,3)16-15(14-22-23-16)13-19-7-8-24-9-11-25(12-10-24)17-20-5-4-6-21-17/h4-6,14,19H,7-13H2,1-3H3,(H,22,23). The Kier molecular flexibility index (Phi) is 5.65. The number of H-pyrrole nitrogens is 1. The van der Waals surface area contributed by atoms with Crippen molar-refractivity contribution in [1.82, 2.24) is 30.4 Å². The molecule has 0 aromatic carbocycles. The Morgan fingerprint density at radius 3 is 2.52 bits per heavy atom. The van der Waals surface area contributed by atoms with E-state index in [1.807, 2.05) is 12.3 Å².